The van der Waals surface area contributed by atoms with Crippen LogP contribution in [0.1, 0.15) is 16.2 Å². The Morgan fingerprint density at radius 3 is 2.85 bits per heavy atom. The number of aromatic nitrogens is 5. The highest BCUT2D eigenvalue weighted by molar-refractivity contribution is 6.01. The summed E-state index contributed by atoms with van der Waals surface area (Å²) in [5, 5.41) is 13.4. The molecule has 0 aliphatic carbocycles. The molecule has 0 amide bonds. The van der Waals surface area contributed by atoms with Gasteiger partial charge in [-0.2, -0.15) is 5.10 Å². The summed E-state index contributed by atoms with van der Waals surface area (Å²) in [5.74, 6) is -0.226. The second kappa shape index (κ2) is 4.76. The van der Waals surface area contributed by atoms with Crippen molar-refractivity contribution in [3.05, 3.63) is 42.2 Å². The molecule has 0 bridgehead atoms. The number of carbonyl (C=O) groups is 1. The van der Waals surface area contributed by atoms with Crippen molar-refractivity contribution in [3.63, 3.8) is 0 Å². The first-order chi connectivity index (χ1) is 9.65. The minimum absolute atomic E-state index is 0.258. The van der Waals surface area contributed by atoms with Crippen molar-refractivity contribution < 1.29 is 9.90 Å². The molecule has 3 aromatic rings. The van der Waals surface area contributed by atoms with Gasteiger partial charge in [-0.15, -0.1) is 0 Å². The molecule has 0 spiro atoms. The summed E-state index contributed by atoms with van der Waals surface area (Å²) in [7, 11) is 1.81. The Balaban J connectivity index is 1.93. The normalized spacial score (nSPS) is 11.1. The lowest BCUT2D eigenvalue weighted by Crippen LogP contribution is -2.06. The van der Waals surface area contributed by atoms with E-state index in [0.717, 1.165) is 5.82 Å². The maximum atomic E-state index is 11.3. The molecule has 0 aliphatic rings. The van der Waals surface area contributed by atoms with Gasteiger partial charge in [-0.3, -0.25) is 4.68 Å². The number of hydrogen-bond acceptors (Lipinski definition) is 4. The summed E-state index contributed by atoms with van der Waals surface area (Å²) in [4.78, 5) is 19.7. The number of carboxylic acid groups (broad SMARTS) is 1. The van der Waals surface area contributed by atoms with Crippen molar-refractivity contribution in [2.24, 2.45) is 7.05 Å². The molecular weight excluding hydrogens is 258 g/mol. The second-order valence-electron chi connectivity index (χ2n) is 4.50. The average molecular weight is 271 g/mol. The van der Waals surface area contributed by atoms with E-state index in [-0.39, 0.29) is 5.56 Å². The van der Waals surface area contributed by atoms with Crippen LogP contribution in [0.5, 0.6) is 0 Å². The second-order valence-corrected chi connectivity index (χ2v) is 4.50. The molecule has 0 atom stereocenters. The highest BCUT2D eigenvalue weighted by atomic mass is 16.4. The van der Waals surface area contributed by atoms with E-state index in [2.05, 4.69) is 15.1 Å². The van der Waals surface area contributed by atoms with Gasteiger partial charge in [0, 0.05) is 20.0 Å². The first-order valence-corrected chi connectivity index (χ1v) is 6.17. The van der Waals surface area contributed by atoms with Crippen molar-refractivity contribution in [2.75, 3.05) is 0 Å². The van der Waals surface area contributed by atoms with Gasteiger partial charge in [-0.25, -0.2) is 14.8 Å². The molecule has 3 rings (SSSR count). The third-order valence-electron chi connectivity index (χ3n) is 3.09. The molecule has 102 valence electrons. The summed E-state index contributed by atoms with van der Waals surface area (Å²) in [6.45, 7) is 0.588. The van der Waals surface area contributed by atoms with E-state index >= 15 is 0 Å². The van der Waals surface area contributed by atoms with E-state index < -0.39 is 5.97 Å². The molecule has 7 heteroatoms. The number of aryl methyl sites for hydroxylation is 3. The van der Waals surface area contributed by atoms with E-state index in [4.69, 9.17) is 0 Å². The van der Waals surface area contributed by atoms with Gasteiger partial charge in [0.25, 0.3) is 0 Å². The average Bonchev–Trinajstić information content (AvgIpc) is 3.02. The molecule has 20 heavy (non-hydrogen) atoms. The predicted octanol–water partition coefficient (Wildman–Crippen LogP) is 1.11. The fourth-order valence-electron chi connectivity index (χ4n) is 2.19. The van der Waals surface area contributed by atoms with Crippen LogP contribution in [0, 0.1) is 0 Å². The molecule has 2 heterocycles. The van der Waals surface area contributed by atoms with Gasteiger partial charge in [-0.05, 0) is 12.1 Å². The Morgan fingerprint density at radius 2 is 2.15 bits per heavy atom. The lowest BCUT2D eigenvalue weighted by Gasteiger charge is -2.04. The monoisotopic (exact) mass is 271 g/mol. The third-order valence-corrected chi connectivity index (χ3v) is 3.09. The molecule has 7 nitrogen and oxygen atoms in total. The zero-order chi connectivity index (χ0) is 14.1. The van der Waals surface area contributed by atoms with Crippen LogP contribution in [0.25, 0.3) is 11.0 Å². The minimum Gasteiger partial charge on any atom is -0.478 e. The molecule has 0 fully saturated rings. The molecule has 0 radical (unpaired) electrons. The predicted molar refractivity (Wildman–Crippen MR) is 71.4 cm³/mol. The zero-order valence-electron chi connectivity index (χ0n) is 10.9. The lowest BCUT2D eigenvalue weighted by atomic mass is 10.2. The quantitative estimate of drug-likeness (QED) is 0.768. The Hall–Kier alpha value is -2.70. The van der Waals surface area contributed by atoms with Gasteiger partial charge in [0.2, 0.25) is 0 Å². The number of fused-ring (bicyclic) bond motifs is 1. The Kier molecular flexibility index (Phi) is 2.94. The highest BCUT2D eigenvalue weighted by Crippen LogP contribution is 2.18. The summed E-state index contributed by atoms with van der Waals surface area (Å²) in [6.07, 6.45) is 3.92. The SMILES string of the molecule is Cn1cnc(CCn2cnc3cccc(C(=O)O)c32)n1. The Morgan fingerprint density at radius 1 is 1.30 bits per heavy atom. The molecule has 1 aromatic carbocycles. The lowest BCUT2D eigenvalue weighted by molar-refractivity contribution is 0.0698. The fraction of sp³-hybridized carbons (Fsp3) is 0.231. The summed E-state index contributed by atoms with van der Waals surface area (Å²) in [5.41, 5.74) is 1.57. The van der Waals surface area contributed by atoms with Crippen molar-refractivity contribution >= 4 is 17.0 Å². The van der Waals surface area contributed by atoms with Crippen LogP contribution in [0.2, 0.25) is 0 Å². The number of carboxylic acids is 1. The molecule has 0 saturated carbocycles. The minimum atomic E-state index is -0.951. The Bertz CT molecular complexity index is 774. The summed E-state index contributed by atoms with van der Waals surface area (Å²) in [6, 6.07) is 5.09. The van der Waals surface area contributed by atoms with E-state index in [0.29, 0.717) is 24.0 Å². The van der Waals surface area contributed by atoms with Crippen LogP contribution in [-0.2, 0) is 20.0 Å². The molecule has 0 saturated heterocycles. The number of nitrogens with zero attached hydrogens (tertiary/aromatic N) is 5. The van der Waals surface area contributed by atoms with Crippen molar-refractivity contribution in [3.8, 4) is 0 Å². The van der Waals surface area contributed by atoms with Crippen molar-refractivity contribution in [1.29, 1.82) is 0 Å². The first kappa shape index (κ1) is 12.3. The van der Waals surface area contributed by atoms with Crippen LogP contribution in [0.15, 0.2) is 30.9 Å². The number of benzene rings is 1. The number of rotatable bonds is 4. The summed E-state index contributed by atoms with van der Waals surface area (Å²) >= 11 is 0. The highest BCUT2D eigenvalue weighted by Gasteiger charge is 2.13. The third kappa shape index (κ3) is 2.13. The number of imidazole rings is 1. The number of aromatic carboxylic acids is 1. The smallest absolute Gasteiger partial charge is 0.337 e. The van der Waals surface area contributed by atoms with Crippen LogP contribution >= 0.6 is 0 Å². The molecular formula is C13H13N5O2. The van der Waals surface area contributed by atoms with Crippen LogP contribution in [0.3, 0.4) is 0 Å². The topological polar surface area (TPSA) is 85.8 Å². The van der Waals surface area contributed by atoms with Gasteiger partial charge in [0.05, 0.1) is 22.9 Å². The van der Waals surface area contributed by atoms with Gasteiger partial charge in [0.1, 0.15) is 6.33 Å². The molecule has 0 aliphatic heterocycles. The van der Waals surface area contributed by atoms with E-state index in [1.54, 1.807) is 35.5 Å². The van der Waals surface area contributed by atoms with E-state index in [1.165, 1.54) is 0 Å². The van der Waals surface area contributed by atoms with Crippen molar-refractivity contribution in [2.45, 2.75) is 13.0 Å². The zero-order valence-corrected chi connectivity index (χ0v) is 10.9. The van der Waals surface area contributed by atoms with E-state index in [1.807, 2.05) is 11.6 Å². The van der Waals surface area contributed by atoms with Gasteiger partial charge in [-0.1, -0.05) is 6.07 Å². The number of para-hydroxylation sites is 1. The molecule has 0 unspecified atom stereocenters. The largest absolute Gasteiger partial charge is 0.478 e. The molecule has 2 aromatic heterocycles. The number of hydrogen-bond donors (Lipinski definition) is 1. The maximum Gasteiger partial charge on any atom is 0.337 e. The van der Waals surface area contributed by atoms with Gasteiger partial charge in [0.15, 0.2) is 5.82 Å². The summed E-state index contributed by atoms with van der Waals surface area (Å²) < 4.78 is 3.47. The fourth-order valence-corrected chi connectivity index (χ4v) is 2.19. The van der Waals surface area contributed by atoms with E-state index in [9.17, 15) is 9.90 Å². The van der Waals surface area contributed by atoms with Crippen molar-refractivity contribution in [1.82, 2.24) is 24.3 Å². The maximum absolute atomic E-state index is 11.3. The standard InChI is InChI=1S/C13H13N5O2/c1-17-7-15-11(16-17)5-6-18-8-14-10-4-2-3-9(12(10)18)13(19)20/h2-4,7-8H,5-6H2,1H3,(H,19,20). The van der Waals surface area contributed by atoms with Crippen LogP contribution in [-0.4, -0.2) is 35.4 Å². The first-order valence-electron chi connectivity index (χ1n) is 6.17. The van der Waals surface area contributed by atoms with Crippen LogP contribution in [0.4, 0.5) is 0 Å². The van der Waals surface area contributed by atoms with Gasteiger partial charge >= 0.3 is 5.97 Å². The molecule has 1 N–H and O–H groups in total. The van der Waals surface area contributed by atoms with Gasteiger partial charge < -0.3 is 9.67 Å². The van der Waals surface area contributed by atoms with Crippen LogP contribution < -0.4 is 0 Å². The Labute approximate surface area is 114 Å².